The maximum atomic E-state index is 12.3. The Morgan fingerprint density at radius 2 is 1.81 bits per heavy atom. The highest BCUT2D eigenvalue weighted by Crippen LogP contribution is 2.34. The van der Waals surface area contributed by atoms with E-state index in [1.807, 2.05) is 0 Å². The number of nitrogens with one attached hydrogen (secondary N) is 2. The Hall–Kier alpha value is -3.36. The van der Waals surface area contributed by atoms with Crippen molar-refractivity contribution < 1.29 is 19.4 Å². The van der Waals surface area contributed by atoms with E-state index in [0.717, 1.165) is 0 Å². The molecule has 0 spiro atoms. The summed E-state index contributed by atoms with van der Waals surface area (Å²) in [5.74, 6) is -0.519. The lowest BCUT2D eigenvalue weighted by Crippen LogP contribution is -2.18. The monoisotopic (exact) mass is 501 g/mol. The Balaban J connectivity index is 1.62. The van der Waals surface area contributed by atoms with Crippen LogP contribution in [0.25, 0.3) is 0 Å². The number of rotatable bonds is 6. The predicted octanol–water partition coefficient (Wildman–Crippen LogP) is 4.83. The summed E-state index contributed by atoms with van der Waals surface area (Å²) in [6.45, 7) is 0. The van der Waals surface area contributed by atoms with Crippen LogP contribution in [-0.2, 0) is 0 Å². The van der Waals surface area contributed by atoms with E-state index in [9.17, 15) is 14.7 Å². The molecule has 158 valence electrons. The average molecular weight is 503 g/mol. The van der Waals surface area contributed by atoms with Gasteiger partial charge >= 0.3 is 0 Å². The van der Waals surface area contributed by atoms with Gasteiger partial charge in [0.25, 0.3) is 11.8 Å². The van der Waals surface area contributed by atoms with Gasteiger partial charge in [0.1, 0.15) is 0 Å². The quantitative estimate of drug-likeness (QED) is 0.332. The molecule has 0 radical (unpaired) electrons. The second-order valence-electron chi connectivity index (χ2n) is 6.26. The highest BCUT2D eigenvalue weighted by Gasteiger charge is 2.11. The van der Waals surface area contributed by atoms with E-state index < -0.39 is 5.91 Å². The summed E-state index contributed by atoms with van der Waals surface area (Å²) < 4.78 is 5.51. The number of amides is 2. The number of aromatic hydroxyl groups is 1. The van der Waals surface area contributed by atoms with Crippen LogP contribution >= 0.6 is 27.5 Å². The summed E-state index contributed by atoms with van der Waals surface area (Å²) in [5.41, 5.74) is 4.27. The van der Waals surface area contributed by atoms with Crippen molar-refractivity contribution in [2.24, 2.45) is 5.10 Å². The van der Waals surface area contributed by atoms with Gasteiger partial charge in [-0.05, 0) is 70.0 Å². The summed E-state index contributed by atoms with van der Waals surface area (Å²) in [6, 6.07) is 16.3. The van der Waals surface area contributed by atoms with Crippen LogP contribution in [0.15, 0.2) is 70.2 Å². The number of methoxy groups -OCH3 is 1. The van der Waals surface area contributed by atoms with E-state index in [1.165, 1.54) is 13.3 Å². The molecule has 3 aromatic rings. The van der Waals surface area contributed by atoms with Crippen LogP contribution in [0.1, 0.15) is 26.3 Å². The fourth-order valence-electron chi connectivity index (χ4n) is 2.60. The van der Waals surface area contributed by atoms with Crippen molar-refractivity contribution in [2.75, 3.05) is 12.4 Å². The predicted molar refractivity (Wildman–Crippen MR) is 123 cm³/mol. The van der Waals surface area contributed by atoms with E-state index in [4.69, 9.17) is 16.3 Å². The van der Waals surface area contributed by atoms with Crippen molar-refractivity contribution in [1.29, 1.82) is 0 Å². The summed E-state index contributed by atoms with van der Waals surface area (Å²) in [6.07, 6.45) is 1.42. The van der Waals surface area contributed by atoms with Crippen molar-refractivity contribution in [3.05, 3.63) is 86.8 Å². The zero-order chi connectivity index (χ0) is 22.4. The third-order valence-corrected chi connectivity index (χ3v) is 5.11. The van der Waals surface area contributed by atoms with Gasteiger partial charge < -0.3 is 15.2 Å². The Labute approximate surface area is 191 Å². The zero-order valence-corrected chi connectivity index (χ0v) is 18.6. The van der Waals surface area contributed by atoms with Crippen LogP contribution < -0.4 is 15.5 Å². The van der Waals surface area contributed by atoms with Crippen LogP contribution in [0, 0.1) is 0 Å². The number of carbonyl (C=O) groups excluding carboxylic acids is 2. The van der Waals surface area contributed by atoms with Crippen molar-refractivity contribution in [3.8, 4) is 11.5 Å². The summed E-state index contributed by atoms with van der Waals surface area (Å²) in [4.78, 5) is 24.6. The molecule has 31 heavy (non-hydrogen) atoms. The molecule has 0 saturated carbocycles. The first-order valence-electron chi connectivity index (χ1n) is 8.95. The van der Waals surface area contributed by atoms with Crippen molar-refractivity contribution in [2.45, 2.75) is 0 Å². The molecule has 0 saturated heterocycles. The summed E-state index contributed by atoms with van der Waals surface area (Å²) >= 11 is 9.25. The van der Waals surface area contributed by atoms with E-state index >= 15 is 0 Å². The molecule has 0 unspecified atom stereocenters. The lowest BCUT2D eigenvalue weighted by atomic mass is 10.1. The molecule has 2 amide bonds. The number of hydrogen-bond acceptors (Lipinski definition) is 5. The van der Waals surface area contributed by atoms with Gasteiger partial charge in [-0.25, -0.2) is 5.43 Å². The molecule has 0 heterocycles. The van der Waals surface area contributed by atoms with Gasteiger partial charge in [-0.3, -0.25) is 9.59 Å². The molecule has 3 N–H and O–H groups in total. The smallest absolute Gasteiger partial charge is 0.271 e. The van der Waals surface area contributed by atoms with Gasteiger partial charge in [0.2, 0.25) is 0 Å². The number of ether oxygens (including phenoxy) is 1. The van der Waals surface area contributed by atoms with Gasteiger partial charge in [-0.1, -0.05) is 23.7 Å². The standard InChI is InChI=1S/C22H17BrClN3O4/c1-31-19-11-13(10-17(23)20(19)28)12-25-27-21(29)14-6-8-15(9-7-14)26-22(30)16-4-2-3-5-18(16)24/h2-12,28H,1H3,(H,26,30)(H,27,29). The fourth-order valence-corrected chi connectivity index (χ4v) is 3.28. The van der Waals surface area contributed by atoms with Crippen LogP contribution in [0.3, 0.4) is 0 Å². The molecule has 3 aromatic carbocycles. The van der Waals surface area contributed by atoms with E-state index in [2.05, 4.69) is 31.8 Å². The Morgan fingerprint density at radius 3 is 2.48 bits per heavy atom. The third kappa shape index (κ3) is 5.62. The molecule has 0 aliphatic rings. The van der Waals surface area contributed by atoms with Crippen LogP contribution in [0.5, 0.6) is 11.5 Å². The number of carbonyl (C=O) groups is 2. The molecule has 0 fully saturated rings. The molecule has 9 heteroatoms. The fraction of sp³-hybridized carbons (Fsp3) is 0.0455. The van der Waals surface area contributed by atoms with E-state index in [0.29, 0.717) is 31.9 Å². The molecule has 0 aliphatic carbocycles. The highest BCUT2D eigenvalue weighted by atomic mass is 79.9. The highest BCUT2D eigenvalue weighted by molar-refractivity contribution is 9.10. The minimum Gasteiger partial charge on any atom is -0.503 e. The maximum Gasteiger partial charge on any atom is 0.271 e. The first-order chi connectivity index (χ1) is 14.9. The lowest BCUT2D eigenvalue weighted by molar-refractivity contribution is 0.0954. The first-order valence-corrected chi connectivity index (χ1v) is 10.1. The number of phenols is 1. The van der Waals surface area contributed by atoms with Gasteiger partial charge in [0.15, 0.2) is 11.5 Å². The van der Waals surface area contributed by atoms with E-state index in [-0.39, 0.29) is 17.4 Å². The second-order valence-corrected chi connectivity index (χ2v) is 7.53. The topological polar surface area (TPSA) is 100 Å². The number of anilines is 1. The molecule has 0 aliphatic heterocycles. The van der Waals surface area contributed by atoms with Crippen molar-refractivity contribution >= 4 is 51.2 Å². The number of nitrogens with zero attached hydrogens (tertiary/aromatic N) is 1. The average Bonchev–Trinajstić information content (AvgIpc) is 2.76. The number of halogens is 2. The molecule has 3 rings (SSSR count). The number of hydrogen-bond donors (Lipinski definition) is 3. The van der Waals surface area contributed by atoms with Gasteiger partial charge in [0, 0.05) is 11.3 Å². The minimum absolute atomic E-state index is 0.0228. The second kappa shape index (κ2) is 10.1. The summed E-state index contributed by atoms with van der Waals surface area (Å²) in [7, 11) is 1.44. The van der Waals surface area contributed by atoms with Crippen LogP contribution in [0.4, 0.5) is 5.69 Å². The third-order valence-electron chi connectivity index (χ3n) is 4.17. The lowest BCUT2D eigenvalue weighted by Gasteiger charge is -2.07. The Morgan fingerprint density at radius 1 is 1.10 bits per heavy atom. The maximum absolute atomic E-state index is 12.3. The molecule has 0 atom stereocenters. The molecular formula is C22H17BrClN3O4. The van der Waals surface area contributed by atoms with Crippen molar-refractivity contribution in [3.63, 3.8) is 0 Å². The van der Waals surface area contributed by atoms with Gasteiger partial charge in [-0.15, -0.1) is 0 Å². The SMILES string of the molecule is COc1cc(C=NNC(=O)c2ccc(NC(=O)c3ccccc3Cl)cc2)cc(Br)c1O. The number of benzene rings is 3. The molecule has 7 nitrogen and oxygen atoms in total. The minimum atomic E-state index is -0.426. The van der Waals surface area contributed by atoms with E-state index in [1.54, 1.807) is 60.7 Å². The molecule has 0 bridgehead atoms. The number of hydrazone groups is 1. The van der Waals surface area contributed by atoms with Crippen molar-refractivity contribution in [1.82, 2.24) is 5.43 Å². The largest absolute Gasteiger partial charge is 0.503 e. The normalized spacial score (nSPS) is 10.7. The summed E-state index contributed by atoms with van der Waals surface area (Å²) in [5, 5.41) is 16.8. The number of phenolic OH excluding ortho intramolecular Hbond substituents is 1. The van der Waals surface area contributed by atoms with Gasteiger partial charge in [0.05, 0.1) is 28.4 Å². The molecule has 0 aromatic heterocycles. The van der Waals surface area contributed by atoms with Crippen LogP contribution in [-0.4, -0.2) is 30.2 Å². The van der Waals surface area contributed by atoms with Gasteiger partial charge in [-0.2, -0.15) is 5.10 Å². The Bertz CT molecular complexity index is 1150. The Kier molecular flexibility index (Phi) is 7.28. The zero-order valence-electron chi connectivity index (χ0n) is 16.2. The molecular weight excluding hydrogens is 486 g/mol. The van der Waals surface area contributed by atoms with Crippen LogP contribution in [0.2, 0.25) is 5.02 Å². The first kappa shape index (κ1) is 22.3.